The monoisotopic (exact) mass is 366 g/mol. The van der Waals surface area contributed by atoms with Crippen LogP contribution >= 0.6 is 27.3 Å². The van der Waals surface area contributed by atoms with E-state index in [2.05, 4.69) is 20.9 Å². The molecular formula is C14H11BrN2O3S. The zero-order valence-corrected chi connectivity index (χ0v) is 13.2. The first-order chi connectivity index (χ1) is 10.1. The van der Waals surface area contributed by atoms with E-state index < -0.39 is 12.0 Å². The fourth-order valence-electron chi connectivity index (χ4n) is 2.45. The molecule has 1 unspecified atom stereocenters. The Morgan fingerprint density at radius 2 is 2.19 bits per heavy atom. The Morgan fingerprint density at radius 1 is 1.38 bits per heavy atom. The first kappa shape index (κ1) is 14.2. The largest absolute Gasteiger partial charge is 0.479 e. The smallest absolute Gasteiger partial charge is 0.331 e. The van der Waals surface area contributed by atoms with Gasteiger partial charge in [-0.15, -0.1) is 11.3 Å². The van der Waals surface area contributed by atoms with E-state index in [1.807, 2.05) is 5.38 Å². The molecule has 1 aliphatic heterocycles. The second kappa shape index (κ2) is 5.57. The highest BCUT2D eigenvalue weighted by molar-refractivity contribution is 9.10. The van der Waals surface area contributed by atoms with Gasteiger partial charge in [0.15, 0.2) is 6.04 Å². The number of thiophene rings is 1. The number of carbonyl (C=O) groups is 2. The van der Waals surface area contributed by atoms with Crippen molar-refractivity contribution in [3.05, 3.63) is 50.4 Å². The Labute approximate surface area is 133 Å². The Balaban J connectivity index is 1.96. The van der Waals surface area contributed by atoms with Crippen molar-refractivity contribution in [1.82, 2.24) is 9.88 Å². The molecule has 0 bridgehead atoms. The molecule has 2 aromatic heterocycles. The summed E-state index contributed by atoms with van der Waals surface area (Å²) in [7, 11) is 0. The van der Waals surface area contributed by atoms with Crippen LogP contribution in [0, 0.1) is 0 Å². The Kier molecular flexibility index (Phi) is 3.77. The molecule has 3 rings (SSSR count). The van der Waals surface area contributed by atoms with Crippen molar-refractivity contribution < 1.29 is 14.7 Å². The second-order valence-electron chi connectivity index (χ2n) is 4.65. The standard InChI is InChI=1S/C14H11BrN2O3S/c15-8-1-2-10(16-7-8)13(18)17-5-3-11-9(4-6-21-11)12(17)14(19)20/h1-2,4,6-7,12H,3,5H2,(H,19,20). The zero-order valence-electron chi connectivity index (χ0n) is 10.8. The molecule has 0 radical (unpaired) electrons. The van der Waals surface area contributed by atoms with Gasteiger partial charge in [-0.25, -0.2) is 9.78 Å². The molecule has 5 nitrogen and oxygen atoms in total. The molecule has 21 heavy (non-hydrogen) atoms. The lowest BCUT2D eigenvalue weighted by Crippen LogP contribution is -2.43. The molecule has 2 aromatic rings. The number of carbonyl (C=O) groups excluding carboxylic acids is 1. The number of hydrogen-bond donors (Lipinski definition) is 1. The van der Waals surface area contributed by atoms with E-state index in [1.165, 1.54) is 22.4 Å². The molecule has 0 spiro atoms. The maximum absolute atomic E-state index is 12.5. The number of pyridine rings is 1. The third-order valence-electron chi connectivity index (χ3n) is 3.41. The van der Waals surface area contributed by atoms with Gasteiger partial charge in [0, 0.05) is 22.1 Å². The van der Waals surface area contributed by atoms with Crippen molar-refractivity contribution in [3.63, 3.8) is 0 Å². The lowest BCUT2D eigenvalue weighted by atomic mass is 9.99. The van der Waals surface area contributed by atoms with E-state index in [0.717, 1.165) is 9.35 Å². The minimum absolute atomic E-state index is 0.253. The molecule has 0 saturated carbocycles. The van der Waals surface area contributed by atoms with E-state index >= 15 is 0 Å². The minimum atomic E-state index is -1.01. The van der Waals surface area contributed by atoms with Gasteiger partial charge in [-0.05, 0) is 51.5 Å². The highest BCUT2D eigenvalue weighted by atomic mass is 79.9. The molecule has 1 N–H and O–H groups in total. The predicted octanol–water partition coefficient (Wildman–Crippen LogP) is 2.73. The number of halogens is 1. The molecule has 0 aliphatic carbocycles. The van der Waals surface area contributed by atoms with Gasteiger partial charge in [0.1, 0.15) is 5.69 Å². The maximum atomic E-state index is 12.5. The Hall–Kier alpha value is -1.73. The summed E-state index contributed by atoms with van der Waals surface area (Å²) in [4.78, 5) is 30.6. The van der Waals surface area contributed by atoms with E-state index in [-0.39, 0.29) is 11.6 Å². The van der Waals surface area contributed by atoms with Crippen molar-refractivity contribution in [2.45, 2.75) is 12.5 Å². The van der Waals surface area contributed by atoms with E-state index in [0.29, 0.717) is 18.5 Å². The Morgan fingerprint density at radius 3 is 2.86 bits per heavy atom. The van der Waals surface area contributed by atoms with Crippen LogP contribution in [0.5, 0.6) is 0 Å². The van der Waals surface area contributed by atoms with Gasteiger partial charge >= 0.3 is 5.97 Å². The summed E-state index contributed by atoms with van der Waals surface area (Å²) >= 11 is 4.80. The maximum Gasteiger partial charge on any atom is 0.331 e. The van der Waals surface area contributed by atoms with E-state index in [4.69, 9.17) is 0 Å². The molecule has 108 valence electrons. The van der Waals surface area contributed by atoms with Gasteiger partial charge in [0.25, 0.3) is 5.91 Å². The first-order valence-corrected chi connectivity index (χ1v) is 7.97. The normalized spacial score (nSPS) is 17.4. The highest BCUT2D eigenvalue weighted by Gasteiger charge is 2.37. The third-order valence-corrected chi connectivity index (χ3v) is 4.87. The van der Waals surface area contributed by atoms with Crippen LogP contribution in [0.15, 0.2) is 34.2 Å². The lowest BCUT2D eigenvalue weighted by Gasteiger charge is -2.32. The number of nitrogens with zero attached hydrogens (tertiary/aromatic N) is 2. The van der Waals surface area contributed by atoms with Gasteiger partial charge in [0.05, 0.1) is 0 Å². The van der Waals surface area contributed by atoms with E-state index in [9.17, 15) is 14.7 Å². The number of aliphatic carboxylic acids is 1. The third kappa shape index (κ3) is 2.58. The Bertz CT molecular complexity index is 698. The summed E-state index contributed by atoms with van der Waals surface area (Å²) in [6.07, 6.45) is 2.21. The van der Waals surface area contributed by atoms with Crippen molar-refractivity contribution in [1.29, 1.82) is 0 Å². The average Bonchev–Trinajstić information content (AvgIpc) is 2.94. The average molecular weight is 367 g/mol. The molecular weight excluding hydrogens is 356 g/mol. The van der Waals surface area contributed by atoms with Gasteiger partial charge in [-0.2, -0.15) is 0 Å². The SMILES string of the molecule is O=C(O)C1c2ccsc2CCN1C(=O)c1ccc(Br)cn1. The summed E-state index contributed by atoms with van der Waals surface area (Å²) in [5, 5.41) is 11.4. The van der Waals surface area contributed by atoms with Crippen LogP contribution in [0.3, 0.4) is 0 Å². The second-order valence-corrected chi connectivity index (χ2v) is 6.57. The number of aromatic nitrogens is 1. The molecule has 3 heterocycles. The topological polar surface area (TPSA) is 70.5 Å². The summed E-state index contributed by atoms with van der Waals surface area (Å²) in [6, 6.07) is 4.16. The van der Waals surface area contributed by atoms with Gasteiger partial charge in [-0.3, -0.25) is 4.79 Å². The van der Waals surface area contributed by atoms with E-state index in [1.54, 1.807) is 18.2 Å². The lowest BCUT2D eigenvalue weighted by molar-refractivity contribution is -0.142. The van der Waals surface area contributed by atoms with Crippen LogP contribution in [-0.4, -0.2) is 33.4 Å². The predicted molar refractivity (Wildman–Crippen MR) is 81.4 cm³/mol. The van der Waals surface area contributed by atoms with Crippen LogP contribution in [0.2, 0.25) is 0 Å². The van der Waals surface area contributed by atoms with Crippen molar-refractivity contribution >= 4 is 39.1 Å². The summed E-state index contributed by atoms with van der Waals surface area (Å²) in [5.41, 5.74) is 0.965. The zero-order chi connectivity index (χ0) is 15.0. The quantitative estimate of drug-likeness (QED) is 0.886. The molecule has 1 atom stereocenters. The van der Waals surface area contributed by atoms with Gasteiger partial charge in [0.2, 0.25) is 0 Å². The van der Waals surface area contributed by atoms with Crippen molar-refractivity contribution in [2.24, 2.45) is 0 Å². The van der Waals surface area contributed by atoms with Crippen molar-refractivity contribution in [2.75, 3.05) is 6.54 Å². The molecule has 0 saturated heterocycles. The highest BCUT2D eigenvalue weighted by Crippen LogP contribution is 2.34. The van der Waals surface area contributed by atoms with Crippen LogP contribution in [0.25, 0.3) is 0 Å². The summed E-state index contributed by atoms with van der Waals surface area (Å²) < 4.78 is 0.771. The first-order valence-electron chi connectivity index (χ1n) is 6.29. The number of fused-ring (bicyclic) bond motifs is 1. The van der Waals surface area contributed by atoms with Crippen LogP contribution in [0.1, 0.15) is 27.0 Å². The number of amides is 1. The van der Waals surface area contributed by atoms with Crippen molar-refractivity contribution in [3.8, 4) is 0 Å². The van der Waals surface area contributed by atoms with Crippen LogP contribution in [-0.2, 0) is 11.2 Å². The van der Waals surface area contributed by atoms with Gasteiger partial charge in [-0.1, -0.05) is 0 Å². The van der Waals surface area contributed by atoms with Gasteiger partial charge < -0.3 is 10.0 Å². The fourth-order valence-corrected chi connectivity index (χ4v) is 3.59. The number of rotatable bonds is 2. The summed E-state index contributed by atoms with van der Waals surface area (Å²) in [6.45, 7) is 0.390. The molecule has 1 amide bonds. The van der Waals surface area contributed by atoms with Crippen LogP contribution in [0.4, 0.5) is 0 Å². The minimum Gasteiger partial charge on any atom is -0.479 e. The number of carboxylic acids is 1. The summed E-state index contributed by atoms with van der Waals surface area (Å²) in [5.74, 6) is -1.37. The number of hydrogen-bond acceptors (Lipinski definition) is 4. The number of carboxylic acid groups (broad SMARTS) is 1. The molecule has 0 aromatic carbocycles. The molecule has 1 aliphatic rings. The fraction of sp³-hybridized carbons (Fsp3) is 0.214. The molecule has 7 heteroatoms. The molecule has 0 fully saturated rings. The van der Waals surface area contributed by atoms with Crippen LogP contribution < -0.4 is 0 Å².